The lowest BCUT2D eigenvalue weighted by Crippen LogP contribution is -2.52. The van der Waals surface area contributed by atoms with Crippen LogP contribution in [0.25, 0.3) is 21.8 Å². The zero-order chi connectivity index (χ0) is 31.4. The van der Waals surface area contributed by atoms with Crippen LogP contribution < -0.4 is 20.8 Å². The average molecular weight is 610 g/mol. The zero-order valence-corrected chi connectivity index (χ0v) is 23.8. The Bertz CT molecular complexity index is 1930. The second-order valence-electron chi connectivity index (χ2n) is 11.0. The molecule has 3 heterocycles. The Morgan fingerprint density at radius 3 is 2.55 bits per heavy atom. The molecular formula is C29H29F2N7O6. The van der Waals surface area contributed by atoms with Crippen molar-refractivity contribution in [3.8, 4) is 11.6 Å². The minimum absolute atomic E-state index is 0.0240. The molecule has 1 saturated carbocycles. The Balaban J connectivity index is 1.34. The van der Waals surface area contributed by atoms with Gasteiger partial charge in [-0.15, -0.1) is 5.11 Å². The van der Waals surface area contributed by atoms with Crippen molar-refractivity contribution in [3.05, 3.63) is 57.9 Å². The van der Waals surface area contributed by atoms with Crippen molar-refractivity contribution in [2.24, 2.45) is 16.0 Å². The minimum atomic E-state index is -1.38. The molecule has 1 aliphatic carbocycles. The van der Waals surface area contributed by atoms with Crippen molar-refractivity contribution in [3.63, 3.8) is 0 Å². The number of aromatic nitrogens is 2. The fourth-order valence-corrected chi connectivity index (χ4v) is 5.95. The first-order chi connectivity index (χ1) is 21.0. The molecule has 6 rings (SSSR count). The van der Waals surface area contributed by atoms with Crippen LogP contribution in [-0.4, -0.2) is 69.0 Å². The molecule has 1 unspecified atom stereocenters. The van der Waals surface area contributed by atoms with Gasteiger partial charge in [0.2, 0.25) is 11.3 Å². The minimum Gasteiger partial charge on any atom is -0.493 e. The molecule has 1 atom stereocenters. The number of fused-ring (bicyclic) bond motifs is 2. The number of urea groups is 1. The number of primary amides is 1. The van der Waals surface area contributed by atoms with Crippen LogP contribution in [0.15, 0.2) is 45.5 Å². The SMILES string of the molecule is COc1c(N2CCN(Cn3c(O)c(N=NC(N)=O)c4cc(F)ccc43)C(C)C2)c(F)cc2c(=O)c(C(=O)O)cn(C3CC3)c12. The van der Waals surface area contributed by atoms with Gasteiger partial charge in [0.05, 0.1) is 30.2 Å². The van der Waals surface area contributed by atoms with Crippen molar-refractivity contribution < 1.29 is 33.3 Å². The molecule has 230 valence electrons. The second-order valence-corrected chi connectivity index (χ2v) is 11.0. The largest absolute Gasteiger partial charge is 0.493 e. The number of hydrogen-bond acceptors (Lipinski definition) is 8. The van der Waals surface area contributed by atoms with Gasteiger partial charge in [0.1, 0.15) is 17.1 Å². The predicted molar refractivity (Wildman–Crippen MR) is 156 cm³/mol. The summed E-state index contributed by atoms with van der Waals surface area (Å²) in [5, 5.41) is 27.8. The van der Waals surface area contributed by atoms with Gasteiger partial charge in [-0.2, -0.15) is 0 Å². The maximum Gasteiger partial charge on any atom is 0.356 e. The van der Waals surface area contributed by atoms with E-state index in [4.69, 9.17) is 10.5 Å². The monoisotopic (exact) mass is 609 g/mol. The number of carbonyl (C=O) groups excluding carboxylic acids is 1. The maximum absolute atomic E-state index is 15.8. The number of carbonyl (C=O) groups is 2. The highest BCUT2D eigenvalue weighted by atomic mass is 19.1. The van der Waals surface area contributed by atoms with Crippen LogP contribution in [0, 0.1) is 11.6 Å². The number of carboxylic acids is 1. The number of nitrogens with two attached hydrogens (primary N) is 1. The predicted octanol–water partition coefficient (Wildman–Crippen LogP) is 4.31. The summed E-state index contributed by atoms with van der Waals surface area (Å²) in [7, 11) is 1.39. The van der Waals surface area contributed by atoms with Gasteiger partial charge in [-0.1, -0.05) is 5.11 Å². The van der Waals surface area contributed by atoms with Gasteiger partial charge >= 0.3 is 12.0 Å². The van der Waals surface area contributed by atoms with E-state index in [1.54, 1.807) is 4.57 Å². The van der Waals surface area contributed by atoms with Gasteiger partial charge in [-0.05, 0) is 44.0 Å². The molecule has 2 aromatic heterocycles. The molecule has 4 aromatic rings. The molecule has 2 aromatic carbocycles. The van der Waals surface area contributed by atoms with Gasteiger partial charge < -0.3 is 30.2 Å². The van der Waals surface area contributed by atoms with E-state index < -0.39 is 34.6 Å². The highest BCUT2D eigenvalue weighted by Gasteiger charge is 2.34. The molecular weight excluding hydrogens is 580 g/mol. The smallest absolute Gasteiger partial charge is 0.356 e. The summed E-state index contributed by atoms with van der Waals surface area (Å²) < 4.78 is 38.8. The number of aromatic hydroxyl groups is 1. The number of piperazine rings is 1. The lowest BCUT2D eigenvalue weighted by Gasteiger charge is -2.41. The highest BCUT2D eigenvalue weighted by Crippen LogP contribution is 2.44. The van der Waals surface area contributed by atoms with E-state index in [1.807, 2.05) is 16.7 Å². The third-order valence-electron chi connectivity index (χ3n) is 8.20. The maximum atomic E-state index is 15.8. The van der Waals surface area contributed by atoms with Gasteiger partial charge in [0.15, 0.2) is 17.3 Å². The quantitative estimate of drug-likeness (QED) is 0.261. The zero-order valence-electron chi connectivity index (χ0n) is 23.8. The molecule has 44 heavy (non-hydrogen) atoms. The number of anilines is 1. The van der Waals surface area contributed by atoms with E-state index >= 15 is 4.39 Å². The number of methoxy groups -OCH3 is 1. The Labute approximate surface area is 248 Å². The molecule has 4 N–H and O–H groups in total. The first kappa shape index (κ1) is 29.0. The Kier molecular flexibility index (Phi) is 7.19. The lowest BCUT2D eigenvalue weighted by molar-refractivity contribution is 0.0694. The number of carboxylic acid groups (broad SMARTS) is 1. The van der Waals surface area contributed by atoms with Crippen LogP contribution in [0.5, 0.6) is 11.6 Å². The van der Waals surface area contributed by atoms with Gasteiger partial charge in [0.25, 0.3) is 0 Å². The standard InChI is InChI=1S/C29H29F2N7O6/c1-14-11-35(7-8-36(14)13-38-21-6-3-15(30)9-17(21)22(27(38)40)33-34-29(32)43)24-20(31)10-18-23(26(24)44-2)37(16-4-5-16)12-19(25(18)39)28(41)42/h3,6,9-10,12,14,16,40H,4-5,7-8,11,13H2,1-2H3,(H2,32,43)(H,41,42). The van der Waals surface area contributed by atoms with Gasteiger partial charge in [0, 0.05) is 43.3 Å². The molecule has 0 bridgehead atoms. The number of ether oxygens (including phenoxy) is 1. The number of amides is 2. The number of nitrogens with zero attached hydrogens (tertiary/aromatic N) is 6. The number of halogens is 2. The fraction of sp³-hybridized carbons (Fsp3) is 0.345. The number of hydrogen-bond donors (Lipinski definition) is 3. The Morgan fingerprint density at radius 1 is 1.16 bits per heavy atom. The molecule has 0 spiro atoms. The molecule has 2 aliphatic rings. The summed E-state index contributed by atoms with van der Waals surface area (Å²) >= 11 is 0. The summed E-state index contributed by atoms with van der Waals surface area (Å²) in [6.07, 6.45) is 2.90. The molecule has 2 amide bonds. The third-order valence-corrected chi connectivity index (χ3v) is 8.20. The highest BCUT2D eigenvalue weighted by molar-refractivity contribution is 5.97. The molecule has 15 heteroatoms. The van der Waals surface area contributed by atoms with Gasteiger partial charge in [-0.25, -0.2) is 18.4 Å². The summed E-state index contributed by atoms with van der Waals surface area (Å²) in [4.78, 5) is 39.8. The van der Waals surface area contributed by atoms with Crippen LogP contribution in [0.3, 0.4) is 0 Å². The van der Waals surface area contributed by atoms with Crippen molar-refractivity contribution in [2.45, 2.75) is 38.5 Å². The van der Waals surface area contributed by atoms with E-state index in [0.29, 0.717) is 30.7 Å². The Hall–Kier alpha value is -5.05. The topological polar surface area (TPSA) is 168 Å². The summed E-state index contributed by atoms with van der Waals surface area (Å²) in [6.45, 7) is 3.17. The summed E-state index contributed by atoms with van der Waals surface area (Å²) in [5.41, 5.74) is 4.74. The van der Waals surface area contributed by atoms with Crippen LogP contribution in [0.1, 0.15) is 36.2 Å². The van der Waals surface area contributed by atoms with Crippen molar-refractivity contribution >= 4 is 45.2 Å². The number of benzene rings is 2. The number of aromatic carboxylic acids is 1. The number of rotatable bonds is 7. The van der Waals surface area contributed by atoms with Gasteiger partial charge in [-0.3, -0.25) is 14.3 Å². The fourth-order valence-electron chi connectivity index (χ4n) is 5.95. The van der Waals surface area contributed by atoms with Crippen LogP contribution in [0.4, 0.5) is 25.0 Å². The van der Waals surface area contributed by atoms with E-state index in [-0.39, 0.29) is 52.5 Å². The van der Waals surface area contributed by atoms with Crippen LogP contribution in [-0.2, 0) is 6.67 Å². The van der Waals surface area contributed by atoms with Crippen LogP contribution >= 0.6 is 0 Å². The normalized spacial score (nSPS) is 17.6. The number of pyridine rings is 1. The molecule has 13 nitrogen and oxygen atoms in total. The second kappa shape index (κ2) is 10.9. The first-order valence-electron chi connectivity index (χ1n) is 13.9. The number of azo groups is 1. The van der Waals surface area contributed by atoms with E-state index in [1.165, 1.54) is 36.1 Å². The molecule has 2 fully saturated rings. The van der Waals surface area contributed by atoms with Crippen molar-refractivity contribution in [2.75, 3.05) is 31.6 Å². The average Bonchev–Trinajstić information content (AvgIpc) is 3.78. The summed E-state index contributed by atoms with van der Waals surface area (Å²) in [6, 6.07) is 3.70. The third kappa shape index (κ3) is 4.88. The molecule has 0 radical (unpaired) electrons. The molecule has 1 saturated heterocycles. The van der Waals surface area contributed by atoms with Crippen molar-refractivity contribution in [1.82, 2.24) is 14.0 Å². The molecule has 1 aliphatic heterocycles. The first-order valence-corrected chi connectivity index (χ1v) is 13.9. The Morgan fingerprint density at radius 2 is 1.91 bits per heavy atom. The lowest BCUT2D eigenvalue weighted by atomic mass is 10.1. The summed E-state index contributed by atoms with van der Waals surface area (Å²) in [5.74, 6) is -2.83. The van der Waals surface area contributed by atoms with E-state index in [9.17, 15) is 29.0 Å². The van der Waals surface area contributed by atoms with E-state index in [2.05, 4.69) is 10.2 Å². The van der Waals surface area contributed by atoms with E-state index in [0.717, 1.165) is 18.9 Å². The van der Waals surface area contributed by atoms with Crippen LogP contribution in [0.2, 0.25) is 0 Å². The van der Waals surface area contributed by atoms with Crippen molar-refractivity contribution in [1.29, 1.82) is 0 Å².